The van der Waals surface area contributed by atoms with Crippen LogP contribution in [0.1, 0.15) is 45.4 Å². The maximum absolute atomic E-state index is 12.4. The summed E-state index contributed by atoms with van der Waals surface area (Å²) in [5.74, 6) is -0.332. The Morgan fingerprint density at radius 1 is 1.25 bits per heavy atom. The van der Waals surface area contributed by atoms with Crippen LogP contribution >= 0.6 is 0 Å². The van der Waals surface area contributed by atoms with E-state index < -0.39 is 12.0 Å². The van der Waals surface area contributed by atoms with E-state index in [0.29, 0.717) is 30.3 Å². The largest absolute Gasteiger partial charge is 0.387 e. The topological polar surface area (TPSA) is 101 Å². The molecular weight excluding hydrogens is 356 g/mol. The fourth-order valence-electron chi connectivity index (χ4n) is 3.65. The van der Waals surface area contributed by atoms with Crippen molar-refractivity contribution in [3.05, 3.63) is 59.4 Å². The number of benzene rings is 1. The number of hydrogen-bond acceptors (Lipinski definition) is 4. The minimum atomic E-state index is -0.542. The first-order valence-electron chi connectivity index (χ1n) is 9.63. The van der Waals surface area contributed by atoms with Gasteiger partial charge in [0.15, 0.2) is 0 Å². The van der Waals surface area contributed by atoms with E-state index in [9.17, 15) is 14.7 Å². The molecule has 1 fully saturated rings. The first kappa shape index (κ1) is 20.1. The van der Waals surface area contributed by atoms with Crippen molar-refractivity contribution >= 4 is 11.8 Å². The van der Waals surface area contributed by atoms with Crippen molar-refractivity contribution in [1.29, 1.82) is 0 Å². The van der Waals surface area contributed by atoms with E-state index in [0.717, 1.165) is 31.5 Å². The molecular formula is C21H28N4O3. The number of carbonyl (C=O) groups excluding carboxylic acids is 2. The number of primary amides is 1. The monoisotopic (exact) mass is 384 g/mol. The van der Waals surface area contributed by atoms with Gasteiger partial charge < -0.3 is 25.6 Å². The molecule has 2 heterocycles. The van der Waals surface area contributed by atoms with E-state index in [1.807, 2.05) is 30.3 Å². The van der Waals surface area contributed by atoms with Crippen molar-refractivity contribution in [2.45, 2.75) is 18.9 Å². The molecule has 0 bridgehead atoms. The molecule has 3 rings (SSSR count). The Hall–Kier alpha value is -2.64. The number of aliphatic hydroxyl groups is 1. The molecule has 7 heteroatoms. The van der Waals surface area contributed by atoms with Crippen LogP contribution in [0.3, 0.4) is 0 Å². The van der Waals surface area contributed by atoms with Gasteiger partial charge in [-0.05, 0) is 43.5 Å². The molecule has 1 saturated heterocycles. The summed E-state index contributed by atoms with van der Waals surface area (Å²) in [7, 11) is 1.72. The zero-order valence-corrected chi connectivity index (χ0v) is 16.2. The third-order valence-electron chi connectivity index (χ3n) is 5.40. The number of aromatic nitrogens is 1. The lowest BCUT2D eigenvalue weighted by molar-refractivity contribution is 0.0849. The summed E-state index contributed by atoms with van der Waals surface area (Å²) >= 11 is 0. The smallest absolute Gasteiger partial charge is 0.267 e. The Morgan fingerprint density at radius 3 is 2.54 bits per heavy atom. The third-order valence-corrected chi connectivity index (χ3v) is 5.40. The average Bonchev–Trinajstić information content (AvgIpc) is 3.10. The van der Waals surface area contributed by atoms with Crippen molar-refractivity contribution in [2.75, 3.05) is 26.2 Å². The number of amides is 2. The number of nitrogens with two attached hydrogens (primary N) is 1. The zero-order chi connectivity index (χ0) is 20.1. The summed E-state index contributed by atoms with van der Waals surface area (Å²) in [6, 6.07) is 11.2. The van der Waals surface area contributed by atoms with Gasteiger partial charge in [-0.15, -0.1) is 0 Å². The molecule has 0 aliphatic carbocycles. The second kappa shape index (κ2) is 9.03. The number of β-amino-alcohol motifs (C(OH)–C–C–N with tert-alkyl or cyclic N) is 1. The summed E-state index contributed by atoms with van der Waals surface area (Å²) in [6.45, 7) is 3.04. The second-order valence-electron chi connectivity index (χ2n) is 7.47. The van der Waals surface area contributed by atoms with E-state index in [-0.39, 0.29) is 5.91 Å². The zero-order valence-electron chi connectivity index (χ0n) is 16.2. The Morgan fingerprint density at radius 2 is 1.93 bits per heavy atom. The summed E-state index contributed by atoms with van der Waals surface area (Å²) in [5.41, 5.74) is 6.96. The minimum absolute atomic E-state index is 0.197. The second-order valence-corrected chi connectivity index (χ2v) is 7.47. The van der Waals surface area contributed by atoms with Crippen LogP contribution in [0.2, 0.25) is 0 Å². The van der Waals surface area contributed by atoms with Crippen molar-refractivity contribution in [3.8, 4) is 0 Å². The van der Waals surface area contributed by atoms with Gasteiger partial charge in [0.05, 0.1) is 11.7 Å². The molecule has 2 amide bonds. The maximum atomic E-state index is 12.4. The Labute approximate surface area is 165 Å². The fraction of sp³-hybridized carbons (Fsp3) is 0.429. The molecule has 28 heavy (non-hydrogen) atoms. The summed E-state index contributed by atoms with van der Waals surface area (Å²) < 4.78 is 1.61. The van der Waals surface area contributed by atoms with Gasteiger partial charge in [0.25, 0.3) is 5.91 Å². The van der Waals surface area contributed by atoms with Crippen molar-refractivity contribution in [2.24, 2.45) is 18.7 Å². The highest BCUT2D eigenvalue weighted by Gasteiger charge is 2.22. The van der Waals surface area contributed by atoms with Crippen LogP contribution in [0.25, 0.3) is 0 Å². The van der Waals surface area contributed by atoms with Gasteiger partial charge in [-0.2, -0.15) is 0 Å². The Bertz CT molecular complexity index is 810. The SMILES string of the molecule is Cn1cc(C(N)=O)cc1C(=O)NCC1CCN(CC(O)c2ccccc2)CC1. The number of aryl methyl sites for hydroxylation is 1. The molecule has 1 aliphatic heterocycles. The molecule has 150 valence electrons. The Balaban J connectivity index is 1.43. The molecule has 1 atom stereocenters. The van der Waals surface area contributed by atoms with Crippen LogP contribution in [0.5, 0.6) is 0 Å². The number of likely N-dealkylation sites (tertiary alicyclic amines) is 1. The molecule has 1 aromatic heterocycles. The summed E-state index contributed by atoms with van der Waals surface area (Å²) in [5, 5.41) is 13.3. The lowest BCUT2D eigenvalue weighted by Gasteiger charge is -2.33. The third kappa shape index (κ3) is 4.99. The van der Waals surface area contributed by atoms with Crippen LogP contribution in [0.4, 0.5) is 0 Å². The molecule has 1 unspecified atom stereocenters. The van der Waals surface area contributed by atoms with Gasteiger partial charge in [0.2, 0.25) is 5.91 Å². The molecule has 1 aromatic carbocycles. The number of rotatable bonds is 7. The first-order chi connectivity index (χ1) is 13.4. The lowest BCUT2D eigenvalue weighted by Crippen LogP contribution is -2.40. The van der Waals surface area contributed by atoms with Gasteiger partial charge in [0, 0.05) is 26.3 Å². The highest BCUT2D eigenvalue weighted by Crippen LogP contribution is 2.20. The van der Waals surface area contributed by atoms with E-state index >= 15 is 0 Å². The quantitative estimate of drug-likeness (QED) is 0.670. The van der Waals surface area contributed by atoms with Crippen LogP contribution in [0, 0.1) is 5.92 Å². The number of piperidine rings is 1. The minimum Gasteiger partial charge on any atom is -0.387 e. The number of hydrogen-bond donors (Lipinski definition) is 3. The van der Waals surface area contributed by atoms with Gasteiger partial charge in [-0.25, -0.2) is 0 Å². The predicted molar refractivity (Wildman–Crippen MR) is 107 cm³/mol. The predicted octanol–water partition coefficient (Wildman–Crippen LogP) is 1.30. The van der Waals surface area contributed by atoms with Crippen LogP contribution < -0.4 is 11.1 Å². The summed E-state index contributed by atoms with van der Waals surface area (Å²) in [4.78, 5) is 25.9. The molecule has 2 aromatic rings. The highest BCUT2D eigenvalue weighted by atomic mass is 16.3. The van der Waals surface area contributed by atoms with Gasteiger partial charge in [-0.3, -0.25) is 9.59 Å². The van der Waals surface area contributed by atoms with Crippen LogP contribution in [-0.2, 0) is 7.05 Å². The molecule has 0 spiro atoms. The van der Waals surface area contributed by atoms with Gasteiger partial charge in [-0.1, -0.05) is 30.3 Å². The Kier molecular flexibility index (Phi) is 6.49. The molecule has 7 nitrogen and oxygen atoms in total. The first-order valence-corrected chi connectivity index (χ1v) is 9.63. The van der Waals surface area contributed by atoms with E-state index in [4.69, 9.17) is 5.73 Å². The van der Waals surface area contributed by atoms with Gasteiger partial charge in [0.1, 0.15) is 5.69 Å². The molecule has 0 radical (unpaired) electrons. The normalized spacial score (nSPS) is 16.6. The number of carbonyl (C=O) groups is 2. The van der Waals surface area contributed by atoms with Crippen molar-refractivity contribution in [3.63, 3.8) is 0 Å². The van der Waals surface area contributed by atoms with Crippen LogP contribution in [0.15, 0.2) is 42.6 Å². The summed E-state index contributed by atoms with van der Waals surface area (Å²) in [6.07, 6.45) is 3.03. The van der Waals surface area contributed by atoms with E-state index in [2.05, 4.69) is 10.2 Å². The van der Waals surface area contributed by atoms with E-state index in [1.54, 1.807) is 17.8 Å². The number of aliphatic hydroxyl groups excluding tert-OH is 1. The van der Waals surface area contributed by atoms with Crippen LogP contribution in [-0.4, -0.2) is 52.6 Å². The molecule has 0 saturated carbocycles. The molecule has 1 aliphatic rings. The number of nitrogens with zero attached hydrogens (tertiary/aromatic N) is 2. The molecule has 4 N–H and O–H groups in total. The van der Waals surface area contributed by atoms with Gasteiger partial charge >= 0.3 is 0 Å². The highest BCUT2D eigenvalue weighted by molar-refractivity contribution is 5.98. The van der Waals surface area contributed by atoms with Crippen molar-refractivity contribution < 1.29 is 14.7 Å². The van der Waals surface area contributed by atoms with E-state index in [1.165, 1.54) is 6.07 Å². The number of nitrogens with one attached hydrogen (secondary N) is 1. The standard InChI is InChI=1S/C21H28N4O3/c1-24-13-17(20(22)27)11-18(24)21(28)23-12-15-7-9-25(10-8-15)14-19(26)16-5-3-2-4-6-16/h2-6,11,13,15,19,26H,7-10,12,14H2,1H3,(H2,22,27)(H,23,28). The maximum Gasteiger partial charge on any atom is 0.267 e. The average molecular weight is 384 g/mol. The van der Waals surface area contributed by atoms with Crippen molar-refractivity contribution in [1.82, 2.24) is 14.8 Å². The fourth-order valence-corrected chi connectivity index (χ4v) is 3.65. The lowest BCUT2D eigenvalue weighted by atomic mass is 9.96.